The average Bonchev–Trinajstić information content (AvgIpc) is 3.04. The zero-order valence-electron chi connectivity index (χ0n) is 13.9. The van der Waals surface area contributed by atoms with Crippen LogP contribution in [-0.4, -0.2) is 49.1 Å². The molecule has 2 fully saturated rings. The molecule has 2 saturated heterocycles. The minimum absolute atomic E-state index is 0.185. The molecule has 1 unspecified atom stereocenters. The zero-order valence-corrected chi connectivity index (χ0v) is 13.9. The van der Waals surface area contributed by atoms with E-state index in [9.17, 15) is 9.59 Å². The number of rotatable bonds is 7. The highest BCUT2D eigenvalue weighted by molar-refractivity contribution is 6.00. The fourth-order valence-electron chi connectivity index (χ4n) is 3.22. The molecule has 1 atom stereocenters. The Morgan fingerprint density at radius 1 is 1.21 bits per heavy atom. The number of nitrogens with one attached hydrogen (secondary N) is 4. The molecule has 1 aromatic heterocycles. The van der Waals surface area contributed by atoms with Gasteiger partial charge in [-0.1, -0.05) is 0 Å². The summed E-state index contributed by atoms with van der Waals surface area (Å²) in [6.45, 7) is 3.70. The first-order valence-corrected chi connectivity index (χ1v) is 8.80. The number of ether oxygens (including phenoxy) is 1. The molecule has 2 aliphatic rings. The monoisotopic (exact) mass is 334 g/mol. The summed E-state index contributed by atoms with van der Waals surface area (Å²) in [6, 6.07) is 1.95. The molecular formula is C17H26N4O3. The molecule has 2 aliphatic heterocycles. The molecular weight excluding hydrogens is 308 g/mol. The van der Waals surface area contributed by atoms with Crippen molar-refractivity contribution in [3.63, 3.8) is 0 Å². The predicted octanol–water partition coefficient (Wildman–Crippen LogP) is 1.11. The summed E-state index contributed by atoms with van der Waals surface area (Å²) in [6.07, 6.45) is 6.37. The maximum absolute atomic E-state index is 11.9. The van der Waals surface area contributed by atoms with Crippen molar-refractivity contribution in [1.82, 2.24) is 15.6 Å². The lowest BCUT2D eigenvalue weighted by atomic mass is 9.95. The summed E-state index contributed by atoms with van der Waals surface area (Å²) in [7, 11) is 0. The van der Waals surface area contributed by atoms with E-state index in [1.165, 1.54) is 0 Å². The smallest absolute Gasteiger partial charge is 0.235 e. The number of carbonyl (C=O) groups is 2. The van der Waals surface area contributed by atoms with Crippen molar-refractivity contribution in [2.75, 3.05) is 31.6 Å². The minimum atomic E-state index is -0.263. The molecule has 0 saturated carbocycles. The van der Waals surface area contributed by atoms with Crippen LogP contribution in [0.4, 0.5) is 5.69 Å². The molecule has 3 rings (SSSR count). The summed E-state index contributed by atoms with van der Waals surface area (Å²) < 4.78 is 5.87. The highest BCUT2D eigenvalue weighted by atomic mass is 16.5. The average molecular weight is 334 g/mol. The molecule has 0 aromatic carbocycles. The Kier molecular flexibility index (Phi) is 5.87. The van der Waals surface area contributed by atoms with E-state index in [4.69, 9.17) is 4.74 Å². The van der Waals surface area contributed by atoms with Crippen LogP contribution in [0.25, 0.3) is 0 Å². The maximum atomic E-state index is 11.9. The van der Waals surface area contributed by atoms with Gasteiger partial charge in [0.15, 0.2) is 0 Å². The van der Waals surface area contributed by atoms with E-state index in [1.54, 1.807) is 0 Å². The molecule has 4 N–H and O–H groups in total. The van der Waals surface area contributed by atoms with E-state index in [0.717, 1.165) is 56.9 Å². The standard InChI is InChI=1S/C17H26N4O3/c22-16-3-2-14(17(23)21-16)15-10-12(11-20-15)19-6-1-9-24-13-4-7-18-8-5-13/h10-11,13-14,18-20H,1-9H2,(H,21,22,23). The van der Waals surface area contributed by atoms with Gasteiger partial charge < -0.3 is 20.4 Å². The van der Waals surface area contributed by atoms with Crippen LogP contribution in [0.1, 0.15) is 43.7 Å². The molecule has 24 heavy (non-hydrogen) atoms. The Morgan fingerprint density at radius 3 is 2.83 bits per heavy atom. The molecule has 0 aliphatic carbocycles. The first-order chi connectivity index (χ1) is 11.7. The lowest BCUT2D eigenvalue weighted by molar-refractivity contribution is -0.134. The van der Waals surface area contributed by atoms with Crippen LogP contribution < -0.4 is 16.0 Å². The van der Waals surface area contributed by atoms with Gasteiger partial charge in [-0.15, -0.1) is 0 Å². The van der Waals surface area contributed by atoms with Crippen LogP contribution in [0.3, 0.4) is 0 Å². The van der Waals surface area contributed by atoms with Gasteiger partial charge in [0.1, 0.15) is 0 Å². The molecule has 0 spiro atoms. The largest absolute Gasteiger partial charge is 0.384 e. The van der Waals surface area contributed by atoms with Gasteiger partial charge in [0.2, 0.25) is 11.8 Å². The number of amides is 2. The van der Waals surface area contributed by atoms with E-state index < -0.39 is 0 Å². The highest BCUT2D eigenvalue weighted by Crippen LogP contribution is 2.25. The SMILES string of the molecule is O=C1CCC(c2cc(NCCCOC3CCNCC3)c[nH]2)C(=O)N1. The number of anilines is 1. The number of hydrogen-bond donors (Lipinski definition) is 4. The second kappa shape index (κ2) is 8.30. The van der Waals surface area contributed by atoms with Crippen LogP contribution >= 0.6 is 0 Å². The Morgan fingerprint density at radius 2 is 2.04 bits per heavy atom. The Hall–Kier alpha value is -1.86. The van der Waals surface area contributed by atoms with Crippen molar-refractivity contribution in [2.45, 2.75) is 44.1 Å². The van der Waals surface area contributed by atoms with Crippen LogP contribution in [0.5, 0.6) is 0 Å². The van der Waals surface area contributed by atoms with Crippen molar-refractivity contribution < 1.29 is 14.3 Å². The second-order valence-electron chi connectivity index (χ2n) is 6.45. The Balaban J connectivity index is 1.37. The lowest BCUT2D eigenvalue weighted by Gasteiger charge is -2.22. The highest BCUT2D eigenvalue weighted by Gasteiger charge is 2.28. The van der Waals surface area contributed by atoms with Crippen molar-refractivity contribution in [2.24, 2.45) is 0 Å². The van der Waals surface area contributed by atoms with Gasteiger partial charge in [0.25, 0.3) is 0 Å². The third kappa shape index (κ3) is 4.58. The van der Waals surface area contributed by atoms with Crippen molar-refractivity contribution in [3.8, 4) is 0 Å². The van der Waals surface area contributed by atoms with E-state index in [1.807, 2.05) is 12.3 Å². The number of aromatic amines is 1. The van der Waals surface area contributed by atoms with Gasteiger partial charge in [-0.3, -0.25) is 14.9 Å². The molecule has 7 heteroatoms. The fourth-order valence-corrected chi connectivity index (χ4v) is 3.22. The summed E-state index contributed by atoms with van der Waals surface area (Å²) in [4.78, 5) is 26.2. The van der Waals surface area contributed by atoms with Crippen LogP contribution in [-0.2, 0) is 14.3 Å². The molecule has 3 heterocycles. The van der Waals surface area contributed by atoms with E-state index >= 15 is 0 Å². The predicted molar refractivity (Wildman–Crippen MR) is 90.9 cm³/mol. The number of hydrogen-bond acceptors (Lipinski definition) is 5. The number of carbonyl (C=O) groups excluding carboxylic acids is 2. The number of H-pyrrole nitrogens is 1. The van der Waals surface area contributed by atoms with Crippen LogP contribution in [0.2, 0.25) is 0 Å². The zero-order chi connectivity index (χ0) is 16.8. The van der Waals surface area contributed by atoms with Crippen molar-refractivity contribution in [3.05, 3.63) is 18.0 Å². The van der Waals surface area contributed by atoms with E-state index in [2.05, 4.69) is 20.9 Å². The van der Waals surface area contributed by atoms with Crippen LogP contribution in [0.15, 0.2) is 12.3 Å². The lowest BCUT2D eigenvalue weighted by Crippen LogP contribution is -2.39. The third-order valence-corrected chi connectivity index (χ3v) is 4.61. The fraction of sp³-hybridized carbons (Fsp3) is 0.647. The number of imide groups is 1. The minimum Gasteiger partial charge on any atom is -0.384 e. The molecule has 132 valence electrons. The van der Waals surface area contributed by atoms with Crippen LogP contribution in [0, 0.1) is 0 Å². The van der Waals surface area contributed by atoms with Gasteiger partial charge in [0.05, 0.1) is 17.7 Å². The summed E-state index contributed by atoms with van der Waals surface area (Å²) in [5.74, 6) is -0.661. The van der Waals surface area contributed by atoms with E-state index in [-0.39, 0.29) is 17.7 Å². The van der Waals surface area contributed by atoms with Gasteiger partial charge >= 0.3 is 0 Å². The van der Waals surface area contributed by atoms with Gasteiger partial charge in [0, 0.05) is 31.5 Å². The molecule has 2 amide bonds. The molecule has 1 aromatic rings. The van der Waals surface area contributed by atoms with Gasteiger partial charge in [-0.2, -0.15) is 0 Å². The summed E-state index contributed by atoms with van der Waals surface area (Å²) in [5.41, 5.74) is 1.82. The third-order valence-electron chi connectivity index (χ3n) is 4.61. The maximum Gasteiger partial charge on any atom is 0.235 e. The normalized spacial score (nSPS) is 22.4. The molecule has 0 bridgehead atoms. The van der Waals surface area contributed by atoms with Gasteiger partial charge in [-0.25, -0.2) is 0 Å². The second-order valence-corrected chi connectivity index (χ2v) is 6.45. The summed E-state index contributed by atoms with van der Waals surface area (Å²) >= 11 is 0. The Bertz CT molecular complexity index is 566. The molecule has 0 radical (unpaired) electrons. The van der Waals surface area contributed by atoms with Gasteiger partial charge in [-0.05, 0) is 44.8 Å². The first-order valence-electron chi connectivity index (χ1n) is 8.80. The van der Waals surface area contributed by atoms with Crippen molar-refractivity contribution in [1.29, 1.82) is 0 Å². The molecule has 7 nitrogen and oxygen atoms in total. The van der Waals surface area contributed by atoms with Crippen molar-refractivity contribution >= 4 is 17.5 Å². The quantitative estimate of drug-likeness (QED) is 0.442. The number of piperidine rings is 2. The Labute approximate surface area is 141 Å². The summed E-state index contributed by atoms with van der Waals surface area (Å²) in [5, 5.41) is 9.06. The van der Waals surface area contributed by atoms with E-state index in [0.29, 0.717) is 18.9 Å². The topological polar surface area (TPSA) is 95.2 Å². The first kappa shape index (κ1) is 17.0. The number of aromatic nitrogens is 1.